The molecule has 110 valence electrons. The van der Waals surface area contributed by atoms with Crippen LogP contribution in [-0.2, 0) is 6.42 Å². The Kier molecular flexibility index (Phi) is 3.76. The van der Waals surface area contributed by atoms with Crippen molar-refractivity contribution in [3.8, 4) is 0 Å². The minimum Gasteiger partial charge on any atom is -0.368 e. The van der Waals surface area contributed by atoms with Gasteiger partial charge >= 0.3 is 0 Å². The number of rotatable bonds is 6. The lowest BCUT2D eigenvalue weighted by Gasteiger charge is -2.04. The first-order valence-electron chi connectivity index (χ1n) is 6.94. The second-order valence-corrected chi connectivity index (χ2v) is 5.05. The van der Waals surface area contributed by atoms with Crippen LogP contribution in [0.4, 0.5) is 5.82 Å². The summed E-state index contributed by atoms with van der Waals surface area (Å²) in [7, 11) is 0. The lowest BCUT2D eigenvalue weighted by molar-refractivity contribution is 0.369. The maximum atomic E-state index is 5.21. The molecule has 3 aromatic rings. The van der Waals surface area contributed by atoms with E-state index in [1.54, 1.807) is 6.33 Å². The Hall–Kier alpha value is -2.51. The predicted octanol–water partition coefficient (Wildman–Crippen LogP) is 1.90. The second-order valence-electron chi connectivity index (χ2n) is 5.05. The summed E-state index contributed by atoms with van der Waals surface area (Å²) in [6.45, 7) is 4.84. The number of nitrogens with zero attached hydrogens (tertiary/aromatic N) is 5. The number of anilines is 1. The van der Waals surface area contributed by atoms with Crippen molar-refractivity contribution in [2.24, 2.45) is 0 Å². The number of aromatic amines is 1. The molecule has 0 aliphatic carbocycles. The zero-order chi connectivity index (χ0) is 14.7. The van der Waals surface area contributed by atoms with Gasteiger partial charge in [0.15, 0.2) is 17.3 Å². The maximum absolute atomic E-state index is 5.21. The van der Waals surface area contributed by atoms with Crippen molar-refractivity contribution in [3.05, 3.63) is 24.4 Å². The van der Waals surface area contributed by atoms with Crippen molar-refractivity contribution >= 4 is 17.0 Å². The summed E-state index contributed by atoms with van der Waals surface area (Å²) in [5, 5.41) is 7.21. The lowest BCUT2D eigenvalue weighted by Crippen LogP contribution is -2.05. The lowest BCUT2D eigenvalue weighted by atomic mass is 10.2. The molecule has 0 aromatic carbocycles. The van der Waals surface area contributed by atoms with Gasteiger partial charge in [-0.15, -0.1) is 0 Å². The van der Waals surface area contributed by atoms with Gasteiger partial charge in [-0.3, -0.25) is 0 Å². The highest BCUT2D eigenvalue weighted by Crippen LogP contribution is 2.14. The number of imidazole rings is 1. The first kappa shape index (κ1) is 13.5. The van der Waals surface area contributed by atoms with E-state index in [0.717, 1.165) is 36.5 Å². The van der Waals surface area contributed by atoms with Crippen LogP contribution in [-0.4, -0.2) is 36.6 Å². The Balaban J connectivity index is 1.53. The van der Waals surface area contributed by atoms with Crippen LogP contribution in [0.1, 0.15) is 37.9 Å². The summed E-state index contributed by atoms with van der Waals surface area (Å²) in [4.78, 5) is 19.7. The fourth-order valence-electron chi connectivity index (χ4n) is 1.95. The van der Waals surface area contributed by atoms with E-state index in [-0.39, 0.29) is 5.92 Å². The van der Waals surface area contributed by atoms with Crippen molar-refractivity contribution in [2.75, 3.05) is 11.9 Å². The zero-order valence-corrected chi connectivity index (χ0v) is 12.0. The fraction of sp³-hybridized carbons (Fsp3) is 0.462. The quantitative estimate of drug-likeness (QED) is 0.667. The molecule has 0 amide bonds. The standard InChI is InChI=1S/C13H17N7O/c1-8(2)11-19-9(21-20-11)4-3-5-14-12-10-13(16-6-15-10)18-7-17-12/h6-8H,3-5H2,1-2H3,(H2,14,15,16,17,18). The van der Waals surface area contributed by atoms with Crippen LogP contribution in [0.3, 0.4) is 0 Å². The smallest absolute Gasteiger partial charge is 0.226 e. The van der Waals surface area contributed by atoms with E-state index in [4.69, 9.17) is 4.52 Å². The van der Waals surface area contributed by atoms with Crippen molar-refractivity contribution < 1.29 is 4.52 Å². The fourth-order valence-corrected chi connectivity index (χ4v) is 1.95. The van der Waals surface area contributed by atoms with E-state index in [1.165, 1.54) is 6.33 Å². The van der Waals surface area contributed by atoms with Gasteiger partial charge in [0.2, 0.25) is 5.89 Å². The minimum atomic E-state index is 0.287. The van der Waals surface area contributed by atoms with Gasteiger partial charge < -0.3 is 14.8 Å². The molecule has 0 radical (unpaired) electrons. The van der Waals surface area contributed by atoms with Gasteiger partial charge in [0.1, 0.15) is 11.8 Å². The molecule has 0 saturated heterocycles. The minimum absolute atomic E-state index is 0.287. The summed E-state index contributed by atoms with van der Waals surface area (Å²) in [5.74, 6) is 2.48. The Morgan fingerprint density at radius 1 is 1.29 bits per heavy atom. The molecule has 0 atom stereocenters. The van der Waals surface area contributed by atoms with Gasteiger partial charge in [-0.1, -0.05) is 19.0 Å². The third-order valence-electron chi connectivity index (χ3n) is 3.08. The summed E-state index contributed by atoms with van der Waals surface area (Å²) < 4.78 is 5.21. The molecular formula is C13H17N7O. The molecule has 2 N–H and O–H groups in total. The molecule has 0 bridgehead atoms. The van der Waals surface area contributed by atoms with Gasteiger partial charge in [-0.25, -0.2) is 15.0 Å². The number of hydrogen-bond donors (Lipinski definition) is 2. The molecule has 0 fully saturated rings. The van der Waals surface area contributed by atoms with Crippen molar-refractivity contribution in [2.45, 2.75) is 32.6 Å². The van der Waals surface area contributed by atoms with E-state index < -0.39 is 0 Å². The predicted molar refractivity (Wildman–Crippen MR) is 76.9 cm³/mol. The van der Waals surface area contributed by atoms with Crippen molar-refractivity contribution in [1.82, 2.24) is 30.1 Å². The van der Waals surface area contributed by atoms with Gasteiger partial charge in [-0.2, -0.15) is 4.98 Å². The molecule has 0 spiro atoms. The molecule has 0 aliphatic heterocycles. The first-order chi connectivity index (χ1) is 10.2. The molecule has 0 saturated carbocycles. The van der Waals surface area contributed by atoms with E-state index in [9.17, 15) is 0 Å². The van der Waals surface area contributed by atoms with Crippen molar-refractivity contribution in [1.29, 1.82) is 0 Å². The van der Waals surface area contributed by atoms with E-state index in [1.807, 2.05) is 13.8 Å². The highest BCUT2D eigenvalue weighted by molar-refractivity contribution is 5.81. The van der Waals surface area contributed by atoms with Crippen LogP contribution in [0.25, 0.3) is 11.2 Å². The average molecular weight is 287 g/mol. The Bertz CT molecular complexity index is 718. The van der Waals surface area contributed by atoms with Crippen LogP contribution in [0.15, 0.2) is 17.2 Å². The Morgan fingerprint density at radius 2 is 2.19 bits per heavy atom. The molecule has 3 aromatic heterocycles. The van der Waals surface area contributed by atoms with E-state index in [2.05, 4.69) is 35.4 Å². The highest BCUT2D eigenvalue weighted by Gasteiger charge is 2.09. The molecule has 3 heterocycles. The number of H-pyrrole nitrogens is 1. The summed E-state index contributed by atoms with van der Waals surface area (Å²) >= 11 is 0. The SMILES string of the molecule is CC(C)c1noc(CCCNc2ncnc3nc[nH]c23)n1. The number of aryl methyl sites for hydroxylation is 1. The third kappa shape index (κ3) is 2.99. The zero-order valence-electron chi connectivity index (χ0n) is 12.0. The number of fused-ring (bicyclic) bond motifs is 1. The normalized spacial score (nSPS) is 11.4. The Morgan fingerprint density at radius 3 is 3.00 bits per heavy atom. The molecule has 3 rings (SSSR count). The molecule has 8 nitrogen and oxygen atoms in total. The van der Waals surface area contributed by atoms with Gasteiger partial charge in [0.05, 0.1) is 6.33 Å². The summed E-state index contributed by atoms with van der Waals surface area (Å²) in [6, 6.07) is 0. The average Bonchev–Trinajstić information content (AvgIpc) is 3.12. The Labute approximate surface area is 121 Å². The number of nitrogens with one attached hydrogen (secondary N) is 2. The van der Waals surface area contributed by atoms with Crippen LogP contribution in [0.2, 0.25) is 0 Å². The third-order valence-corrected chi connectivity index (χ3v) is 3.08. The maximum Gasteiger partial charge on any atom is 0.226 e. The molecule has 8 heteroatoms. The van der Waals surface area contributed by atoms with Gasteiger partial charge in [0.25, 0.3) is 0 Å². The number of hydrogen-bond acceptors (Lipinski definition) is 7. The summed E-state index contributed by atoms with van der Waals surface area (Å²) in [5.41, 5.74) is 1.48. The number of aromatic nitrogens is 6. The highest BCUT2D eigenvalue weighted by atomic mass is 16.5. The van der Waals surface area contributed by atoms with Crippen LogP contribution in [0.5, 0.6) is 0 Å². The van der Waals surface area contributed by atoms with Crippen LogP contribution < -0.4 is 5.32 Å². The monoisotopic (exact) mass is 287 g/mol. The van der Waals surface area contributed by atoms with Crippen LogP contribution >= 0.6 is 0 Å². The molecular weight excluding hydrogens is 270 g/mol. The summed E-state index contributed by atoms with van der Waals surface area (Å²) in [6.07, 6.45) is 4.72. The molecule has 0 aliphatic rings. The van der Waals surface area contributed by atoms with E-state index in [0.29, 0.717) is 11.5 Å². The van der Waals surface area contributed by atoms with E-state index >= 15 is 0 Å². The molecule has 0 unspecified atom stereocenters. The van der Waals surface area contributed by atoms with Gasteiger partial charge in [-0.05, 0) is 6.42 Å². The van der Waals surface area contributed by atoms with Gasteiger partial charge in [0, 0.05) is 18.9 Å². The molecule has 21 heavy (non-hydrogen) atoms. The topological polar surface area (TPSA) is 105 Å². The largest absolute Gasteiger partial charge is 0.368 e. The second kappa shape index (κ2) is 5.86. The van der Waals surface area contributed by atoms with Crippen molar-refractivity contribution in [3.63, 3.8) is 0 Å². The van der Waals surface area contributed by atoms with Crippen LogP contribution in [0, 0.1) is 0 Å². The first-order valence-corrected chi connectivity index (χ1v) is 6.94.